The Kier molecular flexibility index (Phi) is 5.64. The Morgan fingerprint density at radius 3 is 2.12 bits per heavy atom. The van der Waals surface area contributed by atoms with Crippen molar-refractivity contribution in [1.82, 2.24) is 4.90 Å². The minimum Gasteiger partial charge on any atom is -0.342 e. The van der Waals surface area contributed by atoms with Gasteiger partial charge in [-0.05, 0) is 48.4 Å². The van der Waals surface area contributed by atoms with E-state index in [0.29, 0.717) is 12.3 Å². The maximum absolute atomic E-state index is 12.6. The van der Waals surface area contributed by atoms with E-state index >= 15 is 0 Å². The molecule has 2 aromatic carbocycles. The van der Waals surface area contributed by atoms with Crippen molar-refractivity contribution in [2.24, 2.45) is 5.92 Å². The summed E-state index contributed by atoms with van der Waals surface area (Å²) in [4.78, 5) is 14.3. The summed E-state index contributed by atoms with van der Waals surface area (Å²) in [6.07, 6.45) is -1.32. The van der Waals surface area contributed by atoms with E-state index in [9.17, 15) is 18.0 Å². The zero-order chi connectivity index (χ0) is 18.6. The highest BCUT2D eigenvalue weighted by Gasteiger charge is 2.30. The van der Waals surface area contributed by atoms with Crippen LogP contribution in [0.4, 0.5) is 13.2 Å². The first-order valence-electron chi connectivity index (χ1n) is 8.89. The molecule has 1 aliphatic heterocycles. The topological polar surface area (TPSA) is 20.3 Å². The number of carbonyl (C=O) groups excluding carboxylic acids is 1. The molecule has 1 saturated heterocycles. The van der Waals surface area contributed by atoms with Crippen molar-refractivity contribution < 1.29 is 18.0 Å². The number of carbonyl (C=O) groups is 1. The Hall–Kier alpha value is -2.30. The van der Waals surface area contributed by atoms with Crippen LogP contribution in [0.25, 0.3) is 0 Å². The van der Waals surface area contributed by atoms with E-state index in [2.05, 4.69) is 0 Å². The summed E-state index contributed by atoms with van der Waals surface area (Å²) in [5.41, 5.74) is 1.33. The first-order valence-corrected chi connectivity index (χ1v) is 8.89. The van der Waals surface area contributed by atoms with Gasteiger partial charge in [0.2, 0.25) is 5.91 Å². The lowest BCUT2D eigenvalue weighted by Crippen LogP contribution is -2.39. The monoisotopic (exact) mass is 361 g/mol. The van der Waals surface area contributed by atoms with Crippen molar-refractivity contribution in [3.05, 3.63) is 71.3 Å². The van der Waals surface area contributed by atoms with E-state index in [1.54, 1.807) is 12.1 Å². The van der Waals surface area contributed by atoms with Crippen molar-refractivity contribution >= 4 is 5.91 Å². The minimum absolute atomic E-state index is 0.143. The second-order valence-electron chi connectivity index (χ2n) is 6.89. The number of amides is 1. The van der Waals surface area contributed by atoms with Gasteiger partial charge < -0.3 is 4.90 Å². The third kappa shape index (κ3) is 4.87. The van der Waals surface area contributed by atoms with Gasteiger partial charge >= 0.3 is 6.18 Å². The second-order valence-corrected chi connectivity index (χ2v) is 6.89. The summed E-state index contributed by atoms with van der Waals surface area (Å²) in [7, 11) is 0. The zero-order valence-corrected chi connectivity index (χ0v) is 14.5. The minimum atomic E-state index is -4.29. The number of benzene rings is 2. The van der Waals surface area contributed by atoms with E-state index in [4.69, 9.17) is 0 Å². The molecule has 0 atom stereocenters. The molecule has 2 aromatic rings. The second kappa shape index (κ2) is 7.94. The molecule has 0 aromatic heterocycles. The van der Waals surface area contributed by atoms with Crippen LogP contribution in [0, 0.1) is 5.92 Å². The molecule has 0 N–H and O–H groups in total. The smallest absolute Gasteiger partial charge is 0.342 e. The summed E-state index contributed by atoms with van der Waals surface area (Å²) < 4.78 is 37.8. The predicted molar refractivity (Wildman–Crippen MR) is 94.6 cm³/mol. The van der Waals surface area contributed by atoms with E-state index in [1.165, 1.54) is 0 Å². The van der Waals surface area contributed by atoms with Gasteiger partial charge in [0.25, 0.3) is 0 Å². The number of likely N-dealkylation sites (tertiary alicyclic amines) is 1. The molecular formula is C21H22F3NO. The van der Waals surface area contributed by atoms with Gasteiger partial charge in [0.05, 0.1) is 12.0 Å². The molecular weight excluding hydrogens is 339 g/mol. The Morgan fingerprint density at radius 1 is 0.923 bits per heavy atom. The average molecular weight is 361 g/mol. The Labute approximate surface area is 151 Å². The summed E-state index contributed by atoms with van der Waals surface area (Å²) in [5, 5.41) is 0. The number of nitrogens with zero attached hydrogens (tertiary/aromatic N) is 1. The van der Waals surface area contributed by atoms with Crippen LogP contribution in [-0.2, 0) is 23.8 Å². The van der Waals surface area contributed by atoms with Gasteiger partial charge in [0, 0.05) is 13.1 Å². The van der Waals surface area contributed by atoms with Crippen LogP contribution < -0.4 is 0 Å². The first-order chi connectivity index (χ1) is 12.4. The number of hydrogen-bond acceptors (Lipinski definition) is 1. The number of hydrogen-bond donors (Lipinski definition) is 0. The molecule has 138 valence electrons. The van der Waals surface area contributed by atoms with Gasteiger partial charge in [0.1, 0.15) is 0 Å². The highest BCUT2D eigenvalue weighted by molar-refractivity contribution is 5.78. The molecule has 5 heteroatoms. The molecule has 1 aliphatic rings. The van der Waals surface area contributed by atoms with Crippen LogP contribution >= 0.6 is 0 Å². The third-order valence-electron chi connectivity index (χ3n) is 4.97. The van der Waals surface area contributed by atoms with Crippen LogP contribution in [-0.4, -0.2) is 23.9 Å². The van der Waals surface area contributed by atoms with Crippen molar-refractivity contribution in [3.63, 3.8) is 0 Å². The molecule has 2 nitrogen and oxygen atoms in total. The molecule has 0 spiro atoms. The van der Waals surface area contributed by atoms with Crippen molar-refractivity contribution in [3.8, 4) is 0 Å². The predicted octanol–water partition coefficient (Wildman–Crippen LogP) is 4.73. The van der Waals surface area contributed by atoms with Crippen molar-refractivity contribution in [2.45, 2.75) is 31.9 Å². The highest BCUT2D eigenvalue weighted by atomic mass is 19.4. The lowest BCUT2D eigenvalue weighted by molar-refractivity contribution is -0.137. The van der Waals surface area contributed by atoms with E-state index < -0.39 is 11.7 Å². The Bertz CT molecular complexity index is 717. The maximum atomic E-state index is 12.6. The fourth-order valence-electron chi connectivity index (χ4n) is 3.43. The molecule has 0 unspecified atom stereocenters. The van der Waals surface area contributed by atoms with Crippen molar-refractivity contribution in [2.75, 3.05) is 13.1 Å². The summed E-state index contributed by atoms with van der Waals surface area (Å²) in [6.45, 7) is 1.44. The number of halogens is 3. The lowest BCUT2D eigenvalue weighted by Gasteiger charge is -2.32. The standard InChI is InChI=1S/C21H22F3NO/c22-21(23,24)19-8-6-17(7-9-19)14-18-10-12-25(13-11-18)20(26)15-16-4-2-1-3-5-16/h1-9,18H,10-15H2. The van der Waals surface area contributed by atoms with Gasteiger partial charge in [-0.25, -0.2) is 0 Å². The molecule has 3 rings (SSSR count). The van der Waals surface area contributed by atoms with Gasteiger partial charge in [-0.15, -0.1) is 0 Å². The van der Waals surface area contributed by atoms with E-state index in [1.807, 2.05) is 35.2 Å². The molecule has 0 bridgehead atoms. The SMILES string of the molecule is O=C(Cc1ccccc1)N1CCC(Cc2ccc(C(F)(F)F)cc2)CC1. The maximum Gasteiger partial charge on any atom is 0.416 e. The molecule has 0 radical (unpaired) electrons. The fourth-order valence-corrected chi connectivity index (χ4v) is 3.43. The van der Waals surface area contributed by atoms with Gasteiger partial charge in [-0.2, -0.15) is 13.2 Å². The third-order valence-corrected chi connectivity index (χ3v) is 4.97. The van der Waals surface area contributed by atoms with Crippen LogP contribution in [0.3, 0.4) is 0 Å². The molecule has 0 aliphatic carbocycles. The van der Waals surface area contributed by atoms with Crippen molar-refractivity contribution in [1.29, 1.82) is 0 Å². The van der Waals surface area contributed by atoms with Gasteiger partial charge in [-0.3, -0.25) is 4.79 Å². The van der Waals surface area contributed by atoms with Gasteiger partial charge in [0.15, 0.2) is 0 Å². The van der Waals surface area contributed by atoms with Crippen LogP contribution in [0.5, 0.6) is 0 Å². The van der Waals surface area contributed by atoms with Crippen LogP contribution in [0.15, 0.2) is 54.6 Å². The number of rotatable bonds is 4. The summed E-state index contributed by atoms with van der Waals surface area (Å²) in [5.74, 6) is 0.552. The summed E-state index contributed by atoms with van der Waals surface area (Å²) >= 11 is 0. The molecule has 0 saturated carbocycles. The van der Waals surface area contributed by atoms with E-state index in [0.717, 1.165) is 55.6 Å². The highest BCUT2D eigenvalue weighted by Crippen LogP contribution is 2.30. The number of alkyl halides is 3. The summed E-state index contributed by atoms with van der Waals surface area (Å²) in [6, 6.07) is 15.1. The fraction of sp³-hybridized carbons (Fsp3) is 0.381. The van der Waals surface area contributed by atoms with Crippen LogP contribution in [0.1, 0.15) is 29.5 Å². The average Bonchev–Trinajstić information content (AvgIpc) is 2.63. The number of piperidine rings is 1. The van der Waals surface area contributed by atoms with Gasteiger partial charge in [-0.1, -0.05) is 42.5 Å². The molecule has 1 amide bonds. The normalized spacial score (nSPS) is 15.9. The molecule has 26 heavy (non-hydrogen) atoms. The van der Waals surface area contributed by atoms with Crippen LogP contribution in [0.2, 0.25) is 0 Å². The first kappa shape index (κ1) is 18.5. The molecule has 1 heterocycles. The Morgan fingerprint density at radius 2 is 1.54 bits per heavy atom. The van der Waals surface area contributed by atoms with E-state index in [-0.39, 0.29) is 5.91 Å². The largest absolute Gasteiger partial charge is 0.416 e. The Balaban J connectivity index is 1.48. The lowest BCUT2D eigenvalue weighted by atomic mass is 9.89. The quantitative estimate of drug-likeness (QED) is 0.771. The zero-order valence-electron chi connectivity index (χ0n) is 14.5. The molecule has 1 fully saturated rings.